The van der Waals surface area contributed by atoms with Crippen LogP contribution in [0.25, 0.3) is 0 Å². The normalized spacial score (nSPS) is 22.2. The first kappa shape index (κ1) is 12.9. The molecule has 0 aliphatic carbocycles. The van der Waals surface area contributed by atoms with E-state index >= 15 is 0 Å². The van der Waals surface area contributed by atoms with Gasteiger partial charge in [0, 0.05) is 25.2 Å². The summed E-state index contributed by atoms with van der Waals surface area (Å²) in [5, 5.41) is 9.22. The summed E-state index contributed by atoms with van der Waals surface area (Å²) in [7, 11) is 2.04. The maximum atomic E-state index is 9.22. The van der Waals surface area contributed by atoms with E-state index in [0.717, 1.165) is 13.1 Å². The predicted octanol–water partition coefficient (Wildman–Crippen LogP) is -0.278. The Bertz CT molecular complexity index is 169. The topological polar surface area (TPSA) is 52.7 Å². The predicted molar refractivity (Wildman–Crippen MR) is 62.8 cm³/mol. The van der Waals surface area contributed by atoms with E-state index in [1.807, 2.05) is 14.0 Å². The Kier molecular flexibility index (Phi) is 5.53. The van der Waals surface area contributed by atoms with Crippen molar-refractivity contribution >= 4 is 0 Å². The van der Waals surface area contributed by atoms with Gasteiger partial charge < -0.3 is 15.7 Å². The van der Waals surface area contributed by atoms with E-state index in [-0.39, 0.29) is 18.7 Å². The van der Waals surface area contributed by atoms with Crippen molar-refractivity contribution < 1.29 is 5.11 Å². The molecule has 1 aliphatic rings. The van der Waals surface area contributed by atoms with Crippen LogP contribution in [0.4, 0.5) is 0 Å². The molecular formula is C11H25N3O. The highest BCUT2D eigenvalue weighted by Crippen LogP contribution is 2.07. The third-order valence-electron chi connectivity index (χ3n) is 3.33. The Morgan fingerprint density at radius 2 is 2.00 bits per heavy atom. The van der Waals surface area contributed by atoms with Crippen LogP contribution in [0, 0.1) is 0 Å². The zero-order chi connectivity index (χ0) is 11.3. The van der Waals surface area contributed by atoms with Crippen molar-refractivity contribution in [3.05, 3.63) is 0 Å². The number of rotatable bonds is 6. The lowest BCUT2D eigenvalue weighted by Gasteiger charge is -2.30. The number of likely N-dealkylation sites (tertiary alicyclic amines) is 1. The van der Waals surface area contributed by atoms with Crippen LogP contribution in [0.2, 0.25) is 0 Å². The van der Waals surface area contributed by atoms with Crippen molar-refractivity contribution in [1.82, 2.24) is 9.80 Å². The van der Waals surface area contributed by atoms with Gasteiger partial charge in [-0.15, -0.1) is 0 Å². The molecule has 0 bridgehead atoms. The first-order valence-electron chi connectivity index (χ1n) is 5.94. The van der Waals surface area contributed by atoms with Gasteiger partial charge in [0.05, 0.1) is 6.61 Å². The summed E-state index contributed by atoms with van der Waals surface area (Å²) in [6.45, 7) is 6.65. The Morgan fingerprint density at radius 3 is 2.47 bits per heavy atom. The molecule has 0 aromatic heterocycles. The van der Waals surface area contributed by atoms with Crippen molar-refractivity contribution in [3.8, 4) is 0 Å². The molecule has 4 nitrogen and oxygen atoms in total. The summed E-state index contributed by atoms with van der Waals surface area (Å²) in [5.41, 5.74) is 5.82. The maximum Gasteiger partial charge on any atom is 0.0601 e. The highest BCUT2D eigenvalue weighted by molar-refractivity contribution is 4.77. The zero-order valence-electron chi connectivity index (χ0n) is 10.0. The monoisotopic (exact) mass is 215 g/mol. The molecule has 1 rings (SSSR count). The second-order valence-corrected chi connectivity index (χ2v) is 4.64. The Hall–Kier alpha value is -0.160. The van der Waals surface area contributed by atoms with E-state index in [4.69, 9.17) is 5.73 Å². The molecule has 0 radical (unpaired) electrons. The van der Waals surface area contributed by atoms with Gasteiger partial charge in [-0.2, -0.15) is 0 Å². The van der Waals surface area contributed by atoms with Gasteiger partial charge in [0.25, 0.3) is 0 Å². The van der Waals surface area contributed by atoms with E-state index in [0.29, 0.717) is 0 Å². The van der Waals surface area contributed by atoms with Gasteiger partial charge in [-0.05, 0) is 39.9 Å². The molecule has 1 aliphatic heterocycles. The molecule has 1 fully saturated rings. The second-order valence-electron chi connectivity index (χ2n) is 4.64. The minimum absolute atomic E-state index is 0.0265. The number of aliphatic hydroxyl groups is 1. The van der Waals surface area contributed by atoms with Crippen molar-refractivity contribution in [2.45, 2.75) is 31.8 Å². The van der Waals surface area contributed by atoms with Crippen LogP contribution in [-0.2, 0) is 0 Å². The van der Waals surface area contributed by atoms with Crippen molar-refractivity contribution in [3.63, 3.8) is 0 Å². The minimum Gasteiger partial charge on any atom is -0.395 e. The largest absolute Gasteiger partial charge is 0.395 e. The quantitative estimate of drug-likeness (QED) is 0.640. The lowest BCUT2D eigenvalue weighted by Crippen LogP contribution is -2.48. The number of nitrogens with zero attached hydrogens (tertiary/aromatic N) is 2. The lowest BCUT2D eigenvalue weighted by atomic mass is 10.1. The molecule has 0 aromatic carbocycles. The minimum atomic E-state index is 0.0265. The van der Waals surface area contributed by atoms with Crippen LogP contribution in [0.15, 0.2) is 0 Å². The fourth-order valence-electron chi connectivity index (χ4n) is 2.18. The summed E-state index contributed by atoms with van der Waals surface area (Å²) in [4.78, 5) is 4.65. The molecule has 0 aromatic rings. The molecule has 90 valence electrons. The lowest BCUT2D eigenvalue weighted by molar-refractivity contribution is 0.121. The third-order valence-corrected chi connectivity index (χ3v) is 3.33. The Balaban J connectivity index is 2.23. The number of aliphatic hydroxyl groups excluding tert-OH is 1. The van der Waals surface area contributed by atoms with Gasteiger partial charge in [0.1, 0.15) is 0 Å². The smallest absolute Gasteiger partial charge is 0.0601 e. The molecule has 1 heterocycles. The summed E-state index contributed by atoms with van der Waals surface area (Å²) in [5.74, 6) is 0. The molecule has 3 N–H and O–H groups in total. The zero-order valence-corrected chi connectivity index (χ0v) is 10.0. The van der Waals surface area contributed by atoms with E-state index < -0.39 is 0 Å². The molecule has 2 unspecified atom stereocenters. The molecule has 1 saturated heterocycles. The number of hydrogen-bond acceptors (Lipinski definition) is 4. The maximum absolute atomic E-state index is 9.22. The summed E-state index contributed by atoms with van der Waals surface area (Å²) in [6.07, 6.45) is 2.67. The number of nitrogens with two attached hydrogens (primary N) is 1. The SMILES string of the molecule is CC(N)C(CO)N(C)CCN1CCCC1. The van der Waals surface area contributed by atoms with Crippen LogP contribution in [0.3, 0.4) is 0 Å². The molecular weight excluding hydrogens is 190 g/mol. The molecule has 0 amide bonds. The first-order chi connectivity index (χ1) is 7.15. The van der Waals surface area contributed by atoms with Crippen LogP contribution < -0.4 is 5.73 Å². The van der Waals surface area contributed by atoms with E-state index in [9.17, 15) is 5.11 Å². The molecule has 4 heteroatoms. The van der Waals surface area contributed by atoms with E-state index in [1.54, 1.807) is 0 Å². The second kappa shape index (κ2) is 6.43. The van der Waals surface area contributed by atoms with Gasteiger partial charge in [0.2, 0.25) is 0 Å². The van der Waals surface area contributed by atoms with E-state index in [2.05, 4.69) is 9.80 Å². The molecule has 15 heavy (non-hydrogen) atoms. The highest BCUT2D eigenvalue weighted by atomic mass is 16.3. The third kappa shape index (κ3) is 4.07. The number of likely N-dealkylation sites (N-methyl/N-ethyl adjacent to an activating group) is 1. The fourth-order valence-corrected chi connectivity index (χ4v) is 2.18. The van der Waals surface area contributed by atoms with Gasteiger partial charge in [-0.3, -0.25) is 4.90 Å². The van der Waals surface area contributed by atoms with Crippen LogP contribution >= 0.6 is 0 Å². The van der Waals surface area contributed by atoms with Crippen molar-refractivity contribution in [2.75, 3.05) is 39.8 Å². The van der Waals surface area contributed by atoms with E-state index in [1.165, 1.54) is 25.9 Å². The van der Waals surface area contributed by atoms with Crippen LogP contribution in [0.5, 0.6) is 0 Å². The summed E-state index contributed by atoms with van der Waals surface area (Å²) < 4.78 is 0. The van der Waals surface area contributed by atoms with Crippen LogP contribution in [0.1, 0.15) is 19.8 Å². The Labute approximate surface area is 93.0 Å². The number of hydrogen-bond donors (Lipinski definition) is 2. The van der Waals surface area contributed by atoms with Crippen LogP contribution in [-0.4, -0.2) is 66.8 Å². The van der Waals surface area contributed by atoms with Gasteiger partial charge in [-0.1, -0.05) is 0 Å². The van der Waals surface area contributed by atoms with Crippen molar-refractivity contribution in [1.29, 1.82) is 0 Å². The van der Waals surface area contributed by atoms with Crippen molar-refractivity contribution in [2.24, 2.45) is 5.73 Å². The summed E-state index contributed by atoms with van der Waals surface area (Å²) >= 11 is 0. The van der Waals surface area contributed by atoms with Gasteiger partial charge in [0.15, 0.2) is 0 Å². The van der Waals surface area contributed by atoms with Gasteiger partial charge >= 0.3 is 0 Å². The average molecular weight is 215 g/mol. The van der Waals surface area contributed by atoms with Gasteiger partial charge in [-0.25, -0.2) is 0 Å². The highest BCUT2D eigenvalue weighted by Gasteiger charge is 2.19. The molecule has 0 spiro atoms. The summed E-state index contributed by atoms with van der Waals surface area (Å²) in [6, 6.07) is 0.117. The average Bonchev–Trinajstić information content (AvgIpc) is 2.67. The first-order valence-corrected chi connectivity index (χ1v) is 5.94. The Morgan fingerprint density at radius 1 is 1.40 bits per heavy atom. The molecule has 0 saturated carbocycles. The standard InChI is InChI=1S/C11H25N3O/c1-10(12)11(9-15)13(2)7-8-14-5-3-4-6-14/h10-11,15H,3-9,12H2,1-2H3. The fraction of sp³-hybridized carbons (Fsp3) is 1.00. The molecule has 2 atom stereocenters.